The molecule has 0 saturated heterocycles. The molecule has 0 radical (unpaired) electrons. The lowest BCUT2D eigenvalue weighted by atomic mass is 10.2. The fourth-order valence-corrected chi connectivity index (χ4v) is 2.84. The van der Waals surface area contributed by atoms with Gasteiger partial charge < -0.3 is 10.2 Å². The highest BCUT2D eigenvalue weighted by Gasteiger charge is 2.12. The van der Waals surface area contributed by atoms with Crippen molar-refractivity contribution in [3.63, 3.8) is 0 Å². The third kappa shape index (κ3) is 4.28. The fraction of sp³-hybridized carbons (Fsp3) is 0.200. The number of rotatable bonds is 6. The molecular weight excluding hydrogens is 332 g/mol. The Bertz CT molecular complexity index is 836. The highest BCUT2D eigenvalue weighted by molar-refractivity contribution is 6.31. The van der Waals surface area contributed by atoms with E-state index >= 15 is 0 Å². The first kappa shape index (κ1) is 17.2. The van der Waals surface area contributed by atoms with Crippen LogP contribution >= 0.6 is 11.6 Å². The molecule has 3 rings (SSSR count). The van der Waals surface area contributed by atoms with E-state index in [-0.39, 0.29) is 0 Å². The SMILES string of the molecule is CCN(c1ccccc1)c1nc(C)cc(NCc2ccccc2Cl)n1. The Hall–Kier alpha value is -2.59. The van der Waals surface area contributed by atoms with Crippen LogP contribution in [-0.4, -0.2) is 16.5 Å². The van der Waals surface area contributed by atoms with E-state index in [1.165, 1.54) is 0 Å². The van der Waals surface area contributed by atoms with Crippen molar-refractivity contribution in [1.29, 1.82) is 0 Å². The zero-order valence-electron chi connectivity index (χ0n) is 14.4. The molecule has 0 saturated carbocycles. The van der Waals surface area contributed by atoms with Gasteiger partial charge in [0.05, 0.1) is 0 Å². The molecule has 128 valence electrons. The number of nitrogens with zero attached hydrogens (tertiary/aromatic N) is 3. The van der Waals surface area contributed by atoms with Crippen molar-refractivity contribution in [3.8, 4) is 0 Å². The van der Waals surface area contributed by atoms with Gasteiger partial charge in [-0.15, -0.1) is 0 Å². The Kier molecular flexibility index (Phi) is 5.51. The maximum absolute atomic E-state index is 6.22. The molecule has 0 bridgehead atoms. The van der Waals surface area contributed by atoms with Crippen molar-refractivity contribution < 1.29 is 0 Å². The summed E-state index contributed by atoms with van der Waals surface area (Å²) in [6, 6.07) is 19.9. The number of nitrogens with one attached hydrogen (secondary N) is 1. The molecule has 0 unspecified atom stereocenters. The van der Waals surface area contributed by atoms with Crippen LogP contribution in [-0.2, 0) is 6.54 Å². The highest BCUT2D eigenvalue weighted by atomic mass is 35.5. The zero-order chi connectivity index (χ0) is 17.6. The van der Waals surface area contributed by atoms with E-state index in [4.69, 9.17) is 11.6 Å². The van der Waals surface area contributed by atoms with Crippen LogP contribution in [0.3, 0.4) is 0 Å². The summed E-state index contributed by atoms with van der Waals surface area (Å²) < 4.78 is 0. The van der Waals surface area contributed by atoms with Gasteiger partial charge in [-0.1, -0.05) is 48.0 Å². The van der Waals surface area contributed by atoms with Crippen LogP contribution in [0.2, 0.25) is 5.02 Å². The molecule has 1 N–H and O–H groups in total. The zero-order valence-corrected chi connectivity index (χ0v) is 15.2. The Morgan fingerprint density at radius 2 is 1.72 bits per heavy atom. The van der Waals surface area contributed by atoms with E-state index in [0.717, 1.165) is 34.3 Å². The van der Waals surface area contributed by atoms with E-state index in [1.807, 2.05) is 55.5 Å². The molecular formula is C20H21ClN4. The minimum atomic E-state index is 0.618. The number of aromatic nitrogens is 2. The number of aryl methyl sites for hydroxylation is 1. The Balaban J connectivity index is 1.84. The Morgan fingerprint density at radius 1 is 1.00 bits per heavy atom. The van der Waals surface area contributed by atoms with Crippen molar-refractivity contribution in [2.75, 3.05) is 16.8 Å². The van der Waals surface area contributed by atoms with Gasteiger partial charge in [0.2, 0.25) is 5.95 Å². The van der Waals surface area contributed by atoms with Crippen molar-refractivity contribution in [2.45, 2.75) is 20.4 Å². The lowest BCUT2D eigenvalue weighted by molar-refractivity contribution is 0.930. The van der Waals surface area contributed by atoms with Gasteiger partial charge in [-0.3, -0.25) is 0 Å². The van der Waals surface area contributed by atoms with Crippen LogP contribution in [0.1, 0.15) is 18.2 Å². The summed E-state index contributed by atoms with van der Waals surface area (Å²) in [4.78, 5) is 11.4. The number of hydrogen-bond donors (Lipinski definition) is 1. The molecule has 0 atom stereocenters. The highest BCUT2D eigenvalue weighted by Crippen LogP contribution is 2.23. The summed E-state index contributed by atoms with van der Waals surface area (Å²) in [7, 11) is 0. The molecule has 0 fully saturated rings. The predicted molar refractivity (Wildman–Crippen MR) is 105 cm³/mol. The maximum atomic E-state index is 6.22. The molecule has 1 heterocycles. The third-order valence-corrected chi connectivity index (χ3v) is 4.25. The molecule has 2 aromatic carbocycles. The minimum Gasteiger partial charge on any atom is -0.366 e. The van der Waals surface area contributed by atoms with Crippen molar-refractivity contribution in [2.24, 2.45) is 0 Å². The standard InChI is InChI=1S/C20H21ClN4/c1-3-25(17-10-5-4-6-11-17)20-23-15(2)13-19(24-20)22-14-16-9-7-8-12-18(16)21/h4-13H,3,14H2,1-2H3,(H,22,23,24). The van der Waals surface area contributed by atoms with Crippen LogP contribution in [0.15, 0.2) is 60.7 Å². The van der Waals surface area contributed by atoms with Gasteiger partial charge in [0, 0.05) is 35.6 Å². The second-order valence-corrected chi connectivity index (χ2v) is 6.13. The molecule has 1 aromatic heterocycles. The van der Waals surface area contributed by atoms with Crippen LogP contribution in [0.25, 0.3) is 0 Å². The van der Waals surface area contributed by atoms with Gasteiger partial charge in [0.15, 0.2) is 0 Å². The topological polar surface area (TPSA) is 41.1 Å². The van der Waals surface area contributed by atoms with E-state index in [2.05, 4.69) is 39.2 Å². The Labute approximate surface area is 153 Å². The molecule has 5 heteroatoms. The fourth-order valence-electron chi connectivity index (χ4n) is 2.64. The van der Waals surface area contributed by atoms with Gasteiger partial charge in [0.25, 0.3) is 0 Å². The summed E-state index contributed by atoms with van der Waals surface area (Å²) >= 11 is 6.22. The Morgan fingerprint density at radius 3 is 2.44 bits per heavy atom. The summed E-state index contributed by atoms with van der Waals surface area (Å²) in [6.07, 6.45) is 0. The molecule has 3 aromatic rings. The number of halogens is 1. The third-order valence-electron chi connectivity index (χ3n) is 3.89. The van der Waals surface area contributed by atoms with Crippen LogP contribution in [0, 0.1) is 6.92 Å². The lowest BCUT2D eigenvalue weighted by Gasteiger charge is -2.22. The minimum absolute atomic E-state index is 0.618. The van der Waals surface area contributed by atoms with E-state index in [0.29, 0.717) is 12.5 Å². The largest absolute Gasteiger partial charge is 0.366 e. The van der Waals surface area contributed by atoms with E-state index < -0.39 is 0 Å². The van der Waals surface area contributed by atoms with Gasteiger partial charge in [0.1, 0.15) is 5.82 Å². The van der Waals surface area contributed by atoms with Crippen molar-refractivity contribution in [1.82, 2.24) is 9.97 Å². The van der Waals surface area contributed by atoms with Crippen molar-refractivity contribution in [3.05, 3.63) is 76.9 Å². The van der Waals surface area contributed by atoms with Gasteiger partial charge in [-0.25, -0.2) is 4.98 Å². The van der Waals surface area contributed by atoms with E-state index in [9.17, 15) is 0 Å². The number of hydrogen-bond acceptors (Lipinski definition) is 4. The second-order valence-electron chi connectivity index (χ2n) is 5.72. The van der Waals surface area contributed by atoms with Gasteiger partial charge >= 0.3 is 0 Å². The molecule has 0 aliphatic heterocycles. The first-order valence-electron chi connectivity index (χ1n) is 8.33. The normalized spacial score (nSPS) is 10.5. The molecule has 0 amide bonds. The summed E-state index contributed by atoms with van der Waals surface area (Å²) in [5.41, 5.74) is 3.03. The predicted octanol–water partition coefficient (Wildman–Crippen LogP) is 5.21. The number of anilines is 3. The number of benzene rings is 2. The second kappa shape index (κ2) is 7.99. The quantitative estimate of drug-likeness (QED) is 0.661. The molecule has 0 spiro atoms. The van der Waals surface area contributed by atoms with Crippen LogP contribution in [0.5, 0.6) is 0 Å². The number of para-hydroxylation sites is 1. The van der Waals surface area contributed by atoms with Gasteiger partial charge in [-0.2, -0.15) is 4.98 Å². The van der Waals surface area contributed by atoms with Crippen LogP contribution in [0.4, 0.5) is 17.5 Å². The van der Waals surface area contributed by atoms with E-state index in [1.54, 1.807) is 0 Å². The summed E-state index contributed by atoms with van der Waals surface area (Å²) in [5.74, 6) is 1.48. The smallest absolute Gasteiger partial charge is 0.232 e. The monoisotopic (exact) mass is 352 g/mol. The molecule has 4 nitrogen and oxygen atoms in total. The summed E-state index contributed by atoms with van der Waals surface area (Å²) in [5, 5.41) is 4.10. The maximum Gasteiger partial charge on any atom is 0.232 e. The molecule has 0 aliphatic carbocycles. The first-order valence-corrected chi connectivity index (χ1v) is 8.70. The van der Waals surface area contributed by atoms with Gasteiger partial charge in [-0.05, 0) is 37.6 Å². The lowest BCUT2D eigenvalue weighted by Crippen LogP contribution is -2.19. The first-order chi connectivity index (χ1) is 12.2. The molecule has 0 aliphatic rings. The average Bonchev–Trinajstić information content (AvgIpc) is 2.62. The average molecular weight is 353 g/mol. The van der Waals surface area contributed by atoms with Crippen LogP contribution < -0.4 is 10.2 Å². The van der Waals surface area contributed by atoms with Crippen molar-refractivity contribution >= 4 is 29.1 Å². The summed E-state index contributed by atoms with van der Waals surface area (Å²) in [6.45, 7) is 5.48. The molecule has 25 heavy (non-hydrogen) atoms.